The van der Waals surface area contributed by atoms with E-state index in [1.165, 1.54) is 25.7 Å². The van der Waals surface area contributed by atoms with Crippen LogP contribution in [0.25, 0.3) is 0 Å². The largest absolute Gasteiger partial charge is 0.399 e. The third kappa shape index (κ3) is 2.56. The van der Waals surface area contributed by atoms with Crippen molar-refractivity contribution in [3.8, 4) is 0 Å². The van der Waals surface area contributed by atoms with Gasteiger partial charge in [0.05, 0.1) is 4.90 Å². The highest BCUT2D eigenvalue weighted by molar-refractivity contribution is 7.89. The van der Waals surface area contributed by atoms with Gasteiger partial charge in [-0.15, -0.1) is 0 Å². The van der Waals surface area contributed by atoms with E-state index in [0.717, 1.165) is 5.92 Å². The molecule has 0 unspecified atom stereocenters. The molecule has 0 aromatic heterocycles. The van der Waals surface area contributed by atoms with Crippen LogP contribution in [0.2, 0.25) is 0 Å². The van der Waals surface area contributed by atoms with Crippen LogP contribution in [0.3, 0.4) is 0 Å². The van der Waals surface area contributed by atoms with Crippen LogP contribution in [0.1, 0.15) is 32.6 Å². The molecule has 3 rings (SSSR count). The van der Waals surface area contributed by atoms with E-state index in [2.05, 4.69) is 4.72 Å². The number of fused-ring (bicyclic) bond motifs is 2. The molecule has 0 radical (unpaired) electrons. The van der Waals surface area contributed by atoms with Crippen molar-refractivity contribution < 1.29 is 8.42 Å². The van der Waals surface area contributed by atoms with E-state index in [1.54, 1.807) is 24.3 Å². The van der Waals surface area contributed by atoms with Gasteiger partial charge in [-0.1, -0.05) is 6.42 Å². The molecule has 4 atom stereocenters. The van der Waals surface area contributed by atoms with Crippen LogP contribution in [0.5, 0.6) is 0 Å². The number of benzene rings is 1. The normalized spacial score (nSPS) is 30.6. The van der Waals surface area contributed by atoms with Gasteiger partial charge in [-0.2, -0.15) is 0 Å². The lowest BCUT2D eigenvalue weighted by molar-refractivity contribution is 0.280. The van der Waals surface area contributed by atoms with Gasteiger partial charge in [0.25, 0.3) is 0 Å². The first kappa shape index (κ1) is 13.9. The minimum Gasteiger partial charge on any atom is -0.399 e. The van der Waals surface area contributed by atoms with Crippen molar-refractivity contribution >= 4 is 15.7 Å². The van der Waals surface area contributed by atoms with Crippen LogP contribution < -0.4 is 10.5 Å². The molecule has 4 nitrogen and oxygen atoms in total. The fraction of sp³-hybridized carbons (Fsp3) is 0.600. The van der Waals surface area contributed by atoms with E-state index in [0.29, 0.717) is 22.4 Å². The summed E-state index contributed by atoms with van der Waals surface area (Å²) in [5.74, 6) is 2.04. The van der Waals surface area contributed by atoms with Crippen LogP contribution >= 0.6 is 0 Å². The average Bonchev–Trinajstić information content (AvgIpc) is 3.01. The Balaban J connectivity index is 1.71. The van der Waals surface area contributed by atoms with Crippen molar-refractivity contribution in [3.63, 3.8) is 0 Å². The Morgan fingerprint density at radius 1 is 1.20 bits per heavy atom. The quantitative estimate of drug-likeness (QED) is 0.837. The predicted octanol–water partition coefficient (Wildman–Crippen LogP) is 2.37. The first-order valence-electron chi connectivity index (χ1n) is 7.33. The van der Waals surface area contributed by atoms with Crippen molar-refractivity contribution in [2.75, 3.05) is 5.73 Å². The third-order valence-electron chi connectivity index (χ3n) is 4.97. The summed E-state index contributed by atoms with van der Waals surface area (Å²) < 4.78 is 27.6. The molecule has 2 saturated carbocycles. The number of anilines is 1. The Morgan fingerprint density at radius 3 is 2.45 bits per heavy atom. The number of rotatable bonds is 4. The highest BCUT2D eigenvalue weighted by Gasteiger charge is 2.42. The van der Waals surface area contributed by atoms with Gasteiger partial charge in [-0.25, -0.2) is 13.1 Å². The van der Waals surface area contributed by atoms with E-state index >= 15 is 0 Å². The van der Waals surface area contributed by atoms with Gasteiger partial charge in [0.2, 0.25) is 10.0 Å². The first-order valence-corrected chi connectivity index (χ1v) is 8.82. The van der Waals surface area contributed by atoms with Crippen molar-refractivity contribution in [1.29, 1.82) is 0 Å². The number of sulfonamides is 1. The SMILES string of the molecule is C[C@H](NS(=O)(=O)c1ccc(N)cc1)[C@@H]1C[C@@H]2CC[C@@H]1C2. The van der Waals surface area contributed by atoms with Gasteiger partial charge in [0.1, 0.15) is 0 Å². The molecule has 2 aliphatic carbocycles. The van der Waals surface area contributed by atoms with E-state index in [1.807, 2.05) is 6.92 Å². The molecule has 20 heavy (non-hydrogen) atoms. The predicted molar refractivity (Wildman–Crippen MR) is 79.6 cm³/mol. The summed E-state index contributed by atoms with van der Waals surface area (Å²) in [7, 11) is -3.44. The molecule has 0 heterocycles. The van der Waals surface area contributed by atoms with Gasteiger partial charge >= 0.3 is 0 Å². The monoisotopic (exact) mass is 294 g/mol. The molecular weight excluding hydrogens is 272 g/mol. The van der Waals surface area contributed by atoms with Gasteiger partial charge in [0, 0.05) is 11.7 Å². The van der Waals surface area contributed by atoms with Crippen molar-refractivity contribution in [2.45, 2.75) is 43.5 Å². The van der Waals surface area contributed by atoms with Crippen molar-refractivity contribution in [2.24, 2.45) is 17.8 Å². The van der Waals surface area contributed by atoms with Crippen molar-refractivity contribution in [3.05, 3.63) is 24.3 Å². The lowest BCUT2D eigenvalue weighted by Crippen LogP contribution is -2.40. The zero-order valence-corrected chi connectivity index (χ0v) is 12.6. The van der Waals surface area contributed by atoms with E-state index < -0.39 is 10.0 Å². The maximum Gasteiger partial charge on any atom is 0.240 e. The summed E-state index contributed by atoms with van der Waals surface area (Å²) in [6, 6.07) is 6.37. The van der Waals surface area contributed by atoms with Gasteiger partial charge < -0.3 is 5.73 Å². The molecule has 0 saturated heterocycles. The highest BCUT2D eigenvalue weighted by Crippen LogP contribution is 2.49. The molecule has 3 N–H and O–H groups in total. The van der Waals surface area contributed by atoms with Crippen LogP contribution in [0, 0.1) is 17.8 Å². The summed E-state index contributed by atoms with van der Waals surface area (Å²) in [5.41, 5.74) is 6.17. The molecule has 2 fully saturated rings. The Kier molecular flexibility index (Phi) is 3.50. The van der Waals surface area contributed by atoms with E-state index in [4.69, 9.17) is 5.73 Å². The Hall–Kier alpha value is -1.07. The zero-order valence-electron chi connectivity index (χ0n) is 11.7. The van der Waals surface area contributed by atoms with E-state index in [-0.39, 0.29) is 6.04 Å². The standard InChI is InChI=1S/C15H22N2O2S/c1-10(15-9-11-2-3-12(15)8-11)17-20(18,19)14-6-4-13(16)5-7-14/h4-7,10-12,15,17H,2-3,8-9,16H2,1H3/t10-,11+,12+,15-/m0/s1. The second-order valence-electron chi connectivity index (χ2n) is 6.32. The topological polar surface area (TPSA) is 72.2 Å². The lowest BCUT2D eigenvalue weighted by Gasteiger charge is -2.28. The van der Waals surface area contributed by atoms with Gasteiger partial charge in [-0.05, 0) is 68.2 Å². The molecule has 0 aliphatic heterocycles. The maximum atomic E-state index is 12.4. The van der Waals surface area contributed by atoms with E-state index in [9.17, 15) is 8.42 Å². The lowest BCUT2D eigenvalue weighted by atomic mass is 9.84. The minimum atomic E-state index is -3.44. The molecule has 0 amide bonds. The number of nitrogens with one attached hydrogen (secondary N) is 1. The zero-order chi connectivity index (χ0) is 14.3. The summed E-state index contributed by atoms with van der Waals surface area (Å²) in [4.78, 5) is 0.293. The van der Waals surface area contributed by atoms with Crippen molar-refractivity contribution in [1.82, 2.24) is 4.72 Å². The van der Waals surface area contributed by atoms with Crippen LogP contribution in [0.15, 0.2) is 29.2 Å². The number of nitrogens with two attached hydrogens (primary N) is 1. The Morgan fingerprint density at radius 2 is 1.90 bits per heavy atom. The average molecular weight is 294 g/mol. The number of hydrogen-bond donors (Lipinski definition) is 2. The molecule has 110 valence electrons. The second-order valence-corrected chi connectivity index (χ2v) is 8.03. The highest BCUT2D eigenvalue weighted by atomic mass is 32.2. The number of hydrogen-bond acceptors (Lipinski definition) is 3. The first-order chi connectivity index (χ1) is 9.45. The maximum absolute atomic E-state index is 12.4. The number of nitrogen functional groups attached to an aromatic ring is 1. The second kappa shape index (κ2) is 5.04. The summed E-state index contributed by atoms with van der Waals surface area (Å²) >= 11 is 0. The summed E-state index contributed by atoms with van der Waals surface area (Å²) in [6.45, 7) is 2.00. The van der Waals surface area contributed by atoms with Gasteiger partial charge in [0.15, 0.2) is 0 Å². The molecule has 5 heteroatoms. The molecule has 2 aliphatic rings. The van der Waals surface area contributed by atoms with Gasteiger partial charge in [-0.3, -0.25) is 0 Å². The molecule has 1 aromatic rings. The molecule has 2 bridgehead atoms. The van der Waals surface area contributed by atoms with Crippen LogP contribution in [0.4, 0.5) is 5.69 Å². The third-order valence-corrected chi connectivity index (χ3v) is 6.54. The molecule has 0 spiro atoms. The van der Waals surface area contributed by atoms with Crippen LogP contribution in [-0.2, 0) is 10.0 Å². The summed E-state index contributed by atoms with van der Waals surface area (Å²) in [5, 5.41) is 0. The molecular formula is C15H22N2O2S. The minimum absolute atomic E-state index is 0.00727. The summed E-state index contributed by atoms with van der Waals surface area (Å²) in [6.07, 6.45) is 5.07. The smallest absolute Gasteiger partial charge is 0.240 e. The Labute approximate surface area is 120 Å². The fourth-order valence-electron chi connectivity index (χ4n) is 3.95. The molecule has 1 aromatic carbocycles. The Bertz CT molecular complexity index is 582. The van der Waals surface area contributed by atoms with Crippen LogP contribution in [-0.4, -0.2) is 14.5 Å². The fourth-order valence-corrected chi connectivity index (χ4v) is 5.25.